The standard InChI is InChI=1S/C12H19N3O3S/c1-2-13-12-8-11(5-6-14-12)19(16,17)15-10-4-3-7-18-9-10/h5-6,8,10,15H,2-4,7,9H2,1H3,(H,13,14). The Morgan fingerprint density at radius 1 is 1.53 bits per heavy atom. The smallest absolute Gasteiger partial charge is 0.241 e. The minimum Gasteiger partial charge on any atom is -0.380 e. The van der Waals surface area contributed by atoms with E-state index in [1.807, 2.05) is 6.92 Å². The molecule has 0 aliphatic carbocycles. The Kier molecular flexibility index (Phi) is 4.73. The van der Waals surface area contributed by atoms with E-state index in [1.54, 1.807) is 0 Å². The van der Waals surface area contributed by atoms with Crippen LogP contribution in [0.2, 0.25) is 0 Å². The first-order valence-corrected chi connectivity index (χ1v) is 7.90. The normalized spacial score (nSPS) is 20.2. The first kappa shape index (κ1) is 14.2. The number of hydrogen-bond acceptors (Lipinski definition) is 5. The monoisotopic (exact) mass is 285 g/mol. The first-order valence-electron chi connectivity index (χ1n) is 6.42. The van der Waals surface area contributed by atoms with E-state index in [1.165, 1.54) is 18.3 Å². The highest BCUT2D eigenvalue weighted by molar-refractivity contribution is 7.89. The van der Waals surface area contributed by atoms with E-state index in [9.17, 15) is 8.42 Å². The van der Waals surface area contributed by atoms with Crippen molar-refractivity contribution in [1.29, 1.82) is 0 Å². The van der Waals surface area contributed by atoms with Crippen molar-refractivity contribution < 1.29 is 13.2 Å². The lowest BCUT2D eigenvalue weighted by atomic mass is 10.1. The molecule has 2 heterocycles. The van der Waals surface area contributed by atoms with Gasteiger partial charge in [0.05, 0.1) is 11.5 Å². The van der Waals surface area contributed by atoms with Crippen molar-refractivity contribution in [3.8, 4) is 0 Å². The summed E-state index contributed by atoms with van der Waals surface area (Å²) in [6, 6.07) is 2.89. The highest BCUT2D eigenvalue weighted by Gasteiger charge is 2.22. The van der Waals surface area contributed by atoms with E-state index >= 15 is 0 Å². The predicted octanol–water partition coefficient (Wildman–Crippen LogP) is 0.971. The van der Waals surface area contributed by atoms with Crippen molar-refractivity contribution in [1.82, 2.24) is 9.71 Å². The van der Waals surface area contributed by atoms with E-state index in [2.05, 4.69) is 15.0 Å². The molecule has 0 bridgehead atoms. The van der Waals surface area contributed by atoms with Crippen LogP contribution in [0.25, 0.3) is 0 Å². The van der Waals surface area contributed by atoms with Gasteiger partial charge in [-0.2, -0.15) is 0 Å². The molecule has 1 aromatic rings. The summed E-state index contributed by atoms with van der Waals surface area (Å²) in [6.07, 6.45) is 3.18. The van der Waals surface area contributed by atoms with Gasteiger partial charge in [-0.3, -0.25) is 0 Å². The average Bonchev–Trinajstić information content (AvgIpc) is 2.40. The van der Waals surface area contributed by atoms with Crippen molar-refractivity contribution in [2.75, 3.05) is 25.1 Å². The van der Waals surface area contributed by atoms with Gasteiger partial charge in [-0.1, -0.05) is 0 Å². The van der Waals surface area contributed by atoms with E-state index < -0.39 is 10.0 Å². The summed E-state index contributed by atoms with van der Waals surface area (Å²) in [5.41, 5.74) is 0. The van der Waals surface area contributed by atoms with Crippen molar-refractivity contribution >= 4 is 15.8 Å². The van der Waals surface area contributed by atoms with Crippen LogP contribution in [0.4, 0.5) is 5.82 Å². The Bertz CT molecular complexity index is 513. The Morgan fingerprint density at radius 2 is 2.37 bits per heavy atom. The van der Waals surface area contributed by atoms with Gasteiger partial charge in [0.2, 0.25) is 10.0 Å². The van der Waals surface area contributed by atoms with Gasteiger partial charge in [0.25, 0.3) is 0 Å². The van der Waals surface area contributed by atoms with Crippen LogP contribution in [-0.2, 0) is 14.8 Å². The molecule has 106 valence electrons. The minimum absolute atomic E-state index is 0.144. The Hall–Kier alpha value is -1.18. The second-order valence-electron chi connectivity index (χ2n) is 4.44. The van der Waals surface area contributed by atoms with Gasteiger partial charge in [0.1, 0.15) is 5.82 Å². The zero-order valence-corrected chi connectivity index (χ0v) is 11.7. The third kappa shape index (κ3) is 3.89. The van der Waals surface area contributed by atoms with Gasteiger partial charge in [-0.15, -0.1) is 0 Å². The second-order valence-corrected chi connectivity index (χ2v) is 6.16. The molecule has 6 nitrogen and oxygen atoms in total. The predicted molar refractivity (Wildman–Crippen MR) is 72.6 cm³/mol. The minimum atomic E-state index is -3.51. The summed E-state index contributed by atoms with van der Waals surface area (Å²) in [5, 5.41) is 3.00. The number of sulfonamides is 1. The molecule has 2 N–H and O–H groups in total. The van der Waals surface area contributed by atoms with E-state index in [-0.39, 0.29) is 10.9 Å². The molecule has 1 saturated heterocycles. The Morgan fingerprint density at radius 3 is 3.05 bits per heavy atom. The Balaban J connectivity index is 2.11. The third-order valence-corrected chi connectivity index (χ3v) is 4.40. The van der Waals surface area contributed by atoms with Gasteiger partial charge in [0.15, 0.2) is 0 Å². The number of rotatable bonds is 5. The highest BCUT2D eigenvalue weighted by atomic mass is 32.2. The van der Waals surface area contributed by atoms with Crippen LogP contribution < -0.4 is 10.0 Å². The molecule has 0 aromatic carbocycles. The van der Waals surface area contributed by atoms with Crippen LogP contribution in [0.3, 0.4) is 0 Å². The molecule has 0 spiro atoms. The zero-order valence-electron chi connectivity index (χ0n) is 10.9. The lowest BCUT2D eigenvalue weighted by Gasteiger charge is -2.23. The van der Waals surface area contributed by atoms with Gasteiger partial charge in [-0.05, 0) is 25.8 Å². The van der Waals surface area contributed by atoms with Gasteiger partial charge >= 0.3 is 0 Å². The maximum Gasteiger partial charge on any atom is 0.241 e. The van der Waals surface area contributed by atoms with Crippen molar-refractivity contribution in [2.45, 2.75) is 30.7 Å². The van der Waals surface area contributed by atoms with E-state index in [0.29, 0.717) is 25.6 Å². The molecule has 7 heteroatoms. The number of aromatic nitrogens is 1. The largest absolute Gasteiger partial charge is 0.380 e. The number of nitrogens with one attached hydrogen (secondary N) is 2. The molecule has 0 saturated carbocycles. The topological polar surface area (TPSA) is 80.3 Å². The fourth-order valence-electron chi connectivity index (χ4n) is 1.98. The molecule has 1 atom stereocenters. The molecule has 2 rings (SSSR count). The van der Waals surface area contributed by atoms with E-state index in [4.69, 9.17) is 4.74 Å². The summed E-state index contributed by atoms with van der Waals surface area (Å²) in [5.74, 6) is 0.560. The molecule has 1 unspecified atom stereocenters. The SMILES string of the molecule is CCNc1cc(S(=O)(=O)NC2CCCOC2)ccn1. The third-order valence-electron chi connectivity index (χ3n) is 2.88. The fraction of sp³-hybridized carbons (Fsp3) is 0.583. The first-order chi connectivity index (χ1) is 9.12. The number of pyridine rings is 1. The van der Waals surface area contributed by atoms with Crippen LogP contribution in [-0.4, -0.2) is 39.2 Å². The molecule has 1 fully saturated rings. The summed E-state index contributed by atoms with van der Waals surface area (Å²) in [7, 11) is -3.51. The maximum atomic E-state index is 12.2. The van der Waals surface area contributed by atoms with Crippen LogP contribution in [0.15, 0.2) is 23.2 Å². The van der Waals surface area contributed by atoms with Gasteiger partial charge in [-0.25, -0.2) is 18.1 Å². The molecular formula is C12H19N3O3S. The van der Waals surface area contributed by atoms with Gasteiger partial charge in [0, 0.05) is 31.5 Å². The highest BCUT2D eigenvalue weighted by Crippen LogP contribution is 2.15. The number of nitrogens with zero attached hydrogens (tertiary/aromatic N) is 1. The average molecular weight is 285 g/mol. The maximum absolute atomic E-state index is 12.2. The zero-order chi connectivity index (χ0) is 13.7. The molecule has 0 amide bonds. The summed E-state index contributed by atoms with van der Waals surface area (Å²) >= 11 is 0. The molecular weight excluding hydrogens is 266 g/mol. The van der Waals surface area contributed by atoms with E-state index in [0.717, 1.165) is 12.8 Å². The molecule has 19 heavy (non-hydrogen) atoms. The van der Waals surface area contributed by atoms with Crippen LogP contribution in [0.5, 0.6) is 0 Å². The number of anilines is 1. The van der Waals surface area contributed by atoms with Crippen molar-refractivity contribution in [3.05, 3.63) is 18.3 Å². The molecule has 0 radical (unpaired) electrons. The van der Waals surface area contributed by atoms with Crippen LogP contribution >= 0.6 is 0 Å². The molecule has 1 aliphatic rings. The van der Waals surface area contributed by atoms with Crippen molar-refractivity contribution in [2.24, 2.45) is 0 Å². The van der Waals surface area contributed by atoms with Gasteiger partial charge < -0.3 is 10.1 Å². The Labute approximate surface area is 113 Å². The lowest BCUT2D eigenvalue weighted by Crippen LogP contribution is -2.40. The van der Waals surface area contributed by atoms with Crippen molar-refractivity contribution in [3.63, 3.8) is 0 Å². The molecule has 1 aliphatic heterocycles. The molecule has 1 aromatic heterocycles. The second kappa shape index (κ2) is 6.31. The number of hydrogen-bond donors (Lipinski definition) is 2. The van der Waals surface area contributed by atoms with Crippen LogP contribution in [0.1, 0.15) is 19.8 Å². The lowest BCUT2D eigenvalue weighted by molar-refractivity contribution is 0.0774. The summed E-state index contributed by atoms with van der Waals surface area (Å²) in [4.78, 5) is 4.29. The van der Waals surface area contributed by atoms with Crippen LogP contribution in [0, 0.1) is 0 Å². The fourth-order valence-corrected chi connectivity index (χ4v) is 3.24. The quantitative estimate of drug-likeness (QED) is 0.842. The summed E-state index contributed by atoms with van der Waals surface area (Å²) in [6.45, 7) is 3.77. The number of ether oxygens (including phenoxy) is 1. The summed E-state index contributed by atoms with van der Waals surface area (Å²) < 4.78 is 32.4.